The molecule has 1 atom stereocenters. The molecule has 0 spiro atoms. The van der Waals surface area contributed by atoms with Crippen molar-refractivity contribution in [3.63, 3.8) is 0 Å². The summed E-state index contributed by atoms with van der Waals surface area (Å²) in [4.78, 5) is 7.44. The molecule has 0 saturated carbocycles. The molecule has 1 aromatic heterocycles. The molecule has 2 nitrogen and oxygen atoms in total. The molecule has 1 heterocycles. The molecule has 3 aromatic carbocycles. The van der Waals surface area contributed by atoms with Crippen molar-refractivity contribution in [2.75, 3.05) is 0 Å². The van der Waals surface area contributed by atoms with Gasteiger partial charge in [-0.15, -0.1) is 0 Å². The van der Waals surface area contributed by atoms with E-state index in [1.54, 1.807) is 35.9 Å². The molecule has 1 unspecified atom stereocenters. The third-order valence-corrected chi connectivity index (χ3v) is 6.45. The van der Waals surface area contributed by atoms with Crippen LogP contribution in [-0.4, -0.2) is 9.97 Å². The lowest BCUT2D eigenvalue weighted by atomic mass is 9.80. The Morgan fingerprint density at radius 1 is 0.815 bits per heavy atom. The highest BCUT2D eigenvalue weighted by molar-refractivity contribution is 9.10. The molecule has 0 amide bonds. The average molecular weight is 419 g/mol. The monoisotopic (exact) mass is 418 g/mol. The van der Waals surface area contributed by atoms with Gasteiger partial charge in [-0.3, -0.25) is 9.97 Å². The second-order valence-electron chi connectivity index (χ2n) is 7.25. The summed E-state index contributed by atoms with van der Waals surface area (Å²) in [7, 11) is 0. The first-order valence-electron chi connectivity index (χ1n) is 9.50. The minimum atomic E-state index is 0.687. The van der Waals surface area contributed by atoms with Crippen molar-refractivity contribution < 1.29 is 0 Å². The van der Waals surface area contributed by atoms with Crippen molar-refractivity contribution in [2.45, 2.75) is 39.0 Å². The van der Waals surface area contributed by atoms with Gasteiger partial charge in [0.15, 0.2) is 0 Å². The summed E-state index contributed by atoms with van der Waals surface area (Å²) in [5, 5.41) is 5.62. The molecular weight excluding hydrogens is 396 g/mol. The topological polar surface area (TPSA) is 25.8 Å². The fraction of sp³-hybridized carbons (Fsp3) is 0.250. The van der Waals surface area contributed by atoms with E-state index in [4.69, 9.17) is 0 Å². The van der Waals surface area contributed by atoms with E-state index in [2.05, 4.69) is 76.1 Å². The number of hydrogen-bond acceptors (Lipinski definition) is 2. The number of benzene rings is 3. The van der Waals surface area contributed by atoms with E-state index in [1.165, 1.54) is 50.8 Å². The van der Waals surface area contributed by atoms with Gasteiger partial charge in [-0.1, -0.05) is 53.2 Å². The summed E-state index contributed by atoms with van der Waals surface area (Å²) in [5.41, 5.74) is 4.50. The Morgan fingerprint density at radius 3 is 2.11 bits per heavy atom. The lowest BCUT2D eigenvalue weighted by molar-refractivity contribution is 0.595. The van der Waals surface area contributed by atoms with E-state index in [-0.39, 0.29) is 0 Å². The molecule has 0 aliphatic heterocycles. The van der Waals surface area contributed by atoms with Crippen LogP contribution in [0.25, 0.3) is 21.5 Å². The lowest BCUT2D eigenvalue weighted by Gasteiger charge is -2.24. The molecule has 4 aromatic rings. The van der Waals surface area contributed by atoms with Crippen LogP contribution in [0.2, 0.25) is 0 Å². The van der Waals surface area contributed by atoms with Gasteiger partial charge in [-0.05, 0) is 76.4 Å². The fourth-order valence-corrected chi connectivity index (χ4v) is 4.56. The van der Waals surface area contributed by atoms with Gasteiger partial charge in [0.25, 0.3) is 0 Å². The molecule has 1 aliphatic rings. The van der Waals surface area contributed by atoms with Crippen LogP contribution >= 0.6 is 15.9 Å². The molecule has 0 N–H and O–H groups in total. The summed E-state index contributed by atoms with van der Waals surface area (Å²) in [6.07, 6.45) is 10.5. The normalized spacial score (nSPS) is 15.9. The van der Waals surface area contributed by atoms with Crippen LogP contribution in [0.3, 0.4) is 0 Å². The predicted octanol–water partition coefficient (Wildman–Crippen LogP) is 6.98. The van der Waals surface area contributed by atoms with Crippen LogP contribution in [0.4, 0.5) is 0 Å². The zero-order valence-corrected chi connectivity index (χ0v) is 17.3. The van der Waals surface area contributed by atoms with Crippen molar-refractivity contribution in [1.82, 2.24) is 9.97 Å². The zero-order valence-electron chi connectivity index (χ0n) is 15.7. The number of nitrogens with zero attached hydrogens (tertiary/aromatic N) is 2. The Bertz CT molecular complexity index is 1060. The summed E-state index contributed by atoms with van der Waals surface area (Å²) in [6.45, 7) is 4.58. The number of fused-ring (bicyclic) bond motifs is 5. The first-order valence-corrected chi connectivity index (χ1v) is 10.3. The van der Waals surface area contributed by atoms with E-state index in [0.29, 0.717) is 5.92 Å². The Morgan fingerprint density at radius 2 is 1.41 bits per heavy atom. The van der Waals surface area contributed by atoms with E-state index in [9.17, 15) is 0 Å². The second kappa shape index (κ2) is 7.77. The number of halogens is 1. The van der Waals surface area contributed by atoms with E-state index >= 15 is 0 Å². The van der Waals surface area contributed by atoms with Crippen LogP contribution in [0, 0.1) is 6.92 Å². The van der Waals surface area contributed by atoms with Gasteiger partial charge in [0.1, 0.15) is 0 Å². The van der Waals surface area contributed by atoms with Gasteiger partial charge in [-0.25, -0.2) is 0 Å². The third kappa shape index (κ3) is 3.49. The number of hydrogen-bond donors (Lipinski definition) is 0. The maximum Gasteiger partial charge on any atom is 0.0451 e. The van der Waals surface area contributed by atoms with Crippen molar-refractivity contribution in [2.24, 2.45) is 0 Å². The molecule has 0 fully saturated rings. The second-order valence-corrected chi connectivity index (χ2v) is 8.11. The Labute approximate surface area is 168 Å². The maximum absolute atomic E-state index is 3.72. The summed E-state index contributed by atoms with van der Waals surface area (Å²) in [5.74, 6) is 0.687. The molecule has 136 valence electrons. The predicted molar refractivity (Wildman–Crippen MR) is 117 cm³/mol. The number of aryl methyl sites for hydroxylation is 2. The van der Waals surface area contributed by atoms with Crippen molar-refractivity contribution in [1.29, 1.82) is 0 Å². The minimum Gasteiger partial charge on any atom is -0.262 e. The van der Waals surface area contributed by atoms with Crippen LogP contribution in [-0.2, 0) is 6.42 Å². The van der Waals surface area contributed by atoms with Gasteiger partial charge in [0.2, 0.25) is 0 Å². The quantitative estimate of drug-likeness (QED) is 0.287. The highest BCUT2D eigenvalue weighted by Gasteiger charge is 2.19. The Balaban J connectivity index is 0.000000257. The van der Waals surface area contributed by atoms with Crippen molar-refractivity contribution >= 4 is 37.5 Å². The SMILES string of the molecule is Cc1c(Br)ccc2c1ccc1c3c(ccc12)CCCC3C.c1cnccn1. The molecule has 3 heteroatoms. The van der Waals surface area contributed by atoms with Gasteiger partial charge in [-0.2, -0.15) is 0 Å². The molecular formula is C24H23BrN2. The summed E-state index contributed by atoms with van der Waals surface area (Å²) < 4.78 is 1.20. The average Bonchev–Trinajstić information content (AvgIpc) is 2.72. The standard InChI is InChI=1S/C20H19Br.C4H4N2/c1-12-4-3-5-14-6-7-17-16-10-11-19(21)13(2)15(16)8-9-18(17)20(12)14;1-2-6-4-3-5-1/h6-12H,3-5H2,1-2H3;1-4H. The lowest BCUT2D eigenvalue weighted by Crippen LogP contribution is -2.07. The van der Waals surface area contributed by atoms with Crippen molar-refractivity contribution in [3.8, 4) is 0 Å². The molecule has 0 radical (unpaired) electrons. The molecule has 0 bridgehead atoms. The van der Waals surface area contributed by atoms with Crippen LogP contribution in [0.1, 0.15) is 42.4 Å². The maximum atomic E-state index is 3.72. The van der Waals surface area contributed by atoms with Crippen molar-refractivity contribution in [3.05, 3.63) is 82.3 Å². The highest BCUT2D eigenvalue weighted by Crippen LogP contribution is 2.39. The summed E-state index contributed by atoms with van der Waals surface area (Å²) in [6, 6.07) is 13.8. The van der Waals surface area contributed by atoms with Crippen LogP contribution < -0.4 is 0 Å². The third-order valence-electron chi connectivity index (χ3n) is 5.59. The highest BCUT2D eigenvalue weighted by atomic mass is 79.9. The van der Waals surface area contributed by atoms with E-state index in [0.717, 1.165) is 0 Å². The molecule has 27 heavy (non-hydrogen) atoms. The first kappa shape index (κ1) is 18.1. The molecule has 1 aliphatic carbocycles. The van der Waals surface area contributed by atoms with E-state index < -0.39 is 0 Å². The first-order chi connectivity index (χ1) is 13.2. The van der Waals surface area contributed by atoms with Gasteiger partial charge < -0.3 is 0 Å². The van der Waals surface area contributed by atoms with Gasteiger partial charge >= 0.3 is 0 Å². The zero-order chi connectivity index (χ0) is 18.8. The van der Waals surface area contributed by atoms with Gasteiger partial charge in [0, 0.05) is 29.3 Å². The Kier molecular flexibility index (Phi) is 5.22. The van der Waals surface area contributed by atoms with Gasteiger partial charge in [0.05, 0.1) is 0 Å². The number of aromatic nitrogens is 2. The Hall–Kier alpha value is -2.26. The molecule has 5 rings (SSSR count). The van der Waals surface area contributed by atoms with Crippen LogP contribution in [0.5, 0.6) is 0 Å². The summed E-state index contributed by atoms with van der Waals surface area (Å²) >= 11 is 3.65. The van der Waals surface area contributed by atoms with E-state index in [1.807, 2.05) is 0 Å². The largest absolute Gasteiger partial charge is 0.262 e. The molecule has 0 saturated heterocycles. The number of rotatable bonds is 0. The minimum absolute atomic E-state index is 0.687. The smallest absolute Gasteiger partial charge is 0.0451 e. The van der Waals surface area contributed by atoms with Crippen LogP contribution in [0.15, 0.2) is 65.7 Å². The fourth-order valence-electron chi connectivity index (χ4n) is 4.21.